The SMILES string of the molecule is C=CC(=O)Oc1cccc(N(c2ccc(CC(c3ccccc3)c3ccccc3)cc2)c2cccc(OC(=O)C=C)c2)c1. The zero-order valence-electron chi connectivity index (χ0n) is 23.6. The van der Waals surface area contributed by atoms with Crippen LogP contribution in [0.4, 0.5) is 17.1 Å². The summed E-state index contributed by atoms with van der Waals surface area (Å²) in [4.78, 5) is 25.8. The van der Waals surface area contributed by atoms with Crippen molar-refractivity contribution < 1.29 is 19.1 Å². The smallest absolute Gasteiger partial charge is 0.335 e. The number of esters is 2. The lowest BCUT2D eigenvalue weighted by molar-refractivity contribution is -0.129. The zero-order valence-corrected chi connectivity index (χ0v) is 23.6. The van der Waals surface area contributed by atoms with Gasteiger partial charge >= 0.3 is 11.9 Å². The Balaban J connectivity index is 1.51. The van der Waals surface area contributed by atoms with Crippen molar-refractivity contribution in [2.24, 2.45) is 0 Å². The largest absolute Gasteiger partial charge is 0.423 e. The molecule has 0 amide bonds. The summed E-state index contributed by atoms with van der Waals surface area (Å²) in [6.07, 6.45) is 3.08. The molecule has 0 bridgehead atoms. The second-order valence-electron chi connectivity index (χ2n) is 9.83. The second-order valence-corrected chi connectivity index (χ2v) is 9.83. The molecule has 5 nitrogen and oxygen atoms in total. The van der Waals surface area contributed by atoms with Gasteiger partial charge in [0.25, 0.3) is 0 Å². The van der Waals surface area contributed by atoms with Crippen LogP contribution in [0.25, 0.3) is 0 Å². The molecule has 0 spiro atoms. The Morgan fingerprint density at radius 2 is 1.05 bits per heavy atom. The average molecular weight is 566 g/mol. The second kappa shape index (κ2) is 13.8. The first-order valence-electron chi connectivity index (χ1n) is 13.9. The molecule has 43 heavy (non-hydrogen) atoms. The van der Waals surface area contributed by atoms with Crippen LogP contribution < -0.4 is 14.4 Å². The monoisotopic (exact) mass is 565 g/mol. The quantitative estimate of drug-likeness (QED) is 0.0911. The molecule has 0 unspecified atom stereocenters. The van der Waals surface area contributed by atoms with Crippen LogP contribution in [0, 0.1) is 0 Å². The molecule has 5 aromatic rings. The summed E-state index contributed by atoms with van der Waals surface area (Å²) in [6, 6.07) is 43.9. The number of ether oxygens (including phenoxy) is 2. The Morgan fingerprint density at radius 1 is 0.581 bits per heavy atom. The van der Waals surface area contributed by atoms with E-state index in [1.54, 1.807) is 24.3 Å². The van der Waals surface area contributed by atoms with Crippen molar-refractivity contribution in [2.45, 2.75) is 12.3 Å². The Kier molecular flexibility index (Phi) is 9.25. The normalized spacial score (nSPS) is 10.5. The predicted molar refractivity (Wildman–Crippen MR) is 171 cm³/mol. The summed E-state index contributed by atoms with van der Waals surface area (Å²) in [6.45, 7) is 6.97. The topological polar surface area (TPSA) is 55.8 Å². The van der Waals surface area contributed by atoms with Crippen LogP contribution >= 0.6 is 0 Å². The lowest BCUT2D eigenvalue weighted by atomic mass is 9.86. The van der Waals surface area contributed by atoms with Crippen LogP contribution in [-0.4, -0.2) is 11.9 Å². The minimum absolute atomic E-state index is 0.205. The molecular formula is C38H31NO4. The molecule has 0 aliphatic rings. The van der Waals surface area contributed by atoms with Crippen LogP contribution in [-0.2, 0) is 16.0 Å². The van der Waals surface area contributed by atoms with Crippen LogP contribution in [0.5, 0.6) is 11.5 Å². The number of rotatable bonds is 11. The van der Waals surface area contributed by atoms with Gasteiger partial charge in [0.15, 0.2) is 0 Å². The third kappa shape index (κ3) is 7.34. The third-order valence-electron chi connectivity index (χ3n) is 6.96. The summed E-state index contributed by atoms with van der Waals surface area (Å²) in [5, 5.41) is 0. The van der Waals surface area contributed by atoms with Crippen molar-refractivity contribution in [1.29, 1.82) is 0 Å². The van der Waals surface area contributed by atoms with E-state index in [2.05, 4.69) is 86.0 Å². The fourth-order valence-corrected chi connectivity index (χ4v) is 4.95. The van der Waals surface area contributed by atoms with E-state index in [1.807, 2.05) is 41.3 Å². The summed E-state index contributed by atoms with van der Waals surface area (Å²) >= 11 is 0. The first-order valence-corrected chi connectivity index (χ1v) is 13.9. The molecule has 212 valence electrons. The van der Waals surface area contributed by atoms with E-state index < -0.39 is 11.9 Å². The van der Waals surface area contributed by atoms with E-state index >= 15 is 0 Å². The Labute approximate surface area is 252 Å². The summed E-state index contributed by atoms with van der Waals surface area (Å²) in [5.41, 5.74) is 6.08. The van der Waals surface area contributed by atoms with Gasteiger partial charge in [-0.2, -0.15) is 0 Å². The highest BCUT2D eigenvalue weighted by molar-refractivity contribution is 5.85. The minimum atomic E-state index is -0.544. The van der Waals surface area contributed by atoms with Gasteiger partial charge in [-0.15, -0.1) is 0 Å². The predicted octanol–water partition coefficient (Wildman–Crippen LogP) is 8.71. The lowest BCUT2D eigenvalue weighted by Crippen LogP contribution is -2.12. The van der Waals surface area contributed by atoms with Crippen molar-refractivity contribution in [2.75, 3.05) is 4.90 Å². The first kappa shape index (κ1) is 28.8. The van der Waals surface area contributed by atoms with E-state index in [-0.39, 0.29) is 5.92 Å². The number of hydrogen-bond donors (Lipinski definition) is 0. The number of carbonyl (C=O) groups excluding carboxylic acids is 2. The van der Waals surface area contributed by atoms with E-state index in [0.717, 1.165) is 35.6 Å². The van der Waals surface area contributed by atoms with Crippen LogP contribution in [0.2, 0.25) is 0 Å². The van der Waals surface area contributed by atoms with Crippen LogP contribution in [0.1, 0.15) is 22.6 Å². The highest BCUT2D eigenvalue weighted by Gasteiger charge is 2.18. The van der Waals surface area contributed by atoms with Gasteiger partial charge in [0.1, 0.15) is 11.5 Å². The van der Waals surface area contributed by atoms with Crippen molar-refractivity contribution in [3.63, 3.8) is 0 Å². The van der Waals surface area contributed by atoms with Crippen molar-refractivity contribution in [3.05, 3.63) is 175 Å². The Hall–Kier alpha value is -5.68. The van der Waals surface area contributed by atoms with E-state index in [1.165, 1.54) is 16.7 Å². The molecule has 0 atom stereocenters. The first-order chi connectivity index (χ1) is 21.0. The molecular weight excluding hydrogens is 534 g/mol. The van der Waals surface area contributed by atoms with Gasteiger partial charge in [-0.05, 0) is 59.5 Å². The van der Waals surface area contributed by atoms with Gasteiger partial charge in [-0.1, -0.05) is 98.1 Å². The molecule has 0 aliphatic carbocycles. The molecule has 0 aromatic heterocycles. The fraction of sp³-hybridized carbons (Fsp3) is 0.0526. The summed E-state index contributed by atoms with van der Waals surface area (Å²) < 4.78 is 10.8. The molecule has 0 fully saturated rings. The Bertz CT molecular complexity index is 1610. The van der Waals surface area contributed by atoms with Gasteiger partial charge in [0.2, 0.25) is 0 Å². The molecule has 0 saturated carbocycles. The number of nitrogens with zero attached hydrogens (tertiary/aromatic N) is 1. The molecule has 0 heterocycles. The number of hydrogen-bond acceptors (Lipinski definition) is 5. The molecule has 5 heteroatoms. The highest BCUT2D eigenvalue weighted by atomic mass is 16.5. The third-order valence-corrected chi connectivity index (χ3v) is 6.96. The lowest BCUT2D eigenvalue weighted by Gasteiger charge is -2.26. The molecule has 5 rings (SSSR count). The fourth-order valence-electron chi connectivity index (χ4n) is 4.95. The number of anilines is 3. The highest BCUT2D eigenvalue weighted by Crippen LogP contribution is 2.38. The molecule has 0 aliphatic heterocycles. The maximum Gasteiger partial charge on any atom is 0.335 e. The molecule has 5 aromatic carbocycles. The maximum absolute atomic E-state index is 11.9. The van der Waals surface area contributed by atoms with Gasteiger partial charge in [-0.25, -0.2) is 9.59 Å². The van der Waals surface area contributed by atoms with Gasteiger partial charge < -0.3 is 14.4 Å². The van der Waals surface area contributed by atoms with E-state index in [4.69, 9.17) is 9.47 Å². The van der Waals surface area contributed by atoms with E-state index in [0.29, 0.717) is 11.5 Å². The van der Waals surface area contributed by atoms with Crippen LogP contribution in [0.3, 0.4) is 0 Å². The van der Waals surface area contributed by atoms with Crippen molar-refractivity contribution >= 4 is 29.0 Å². The van der Waals surface area contributed by atoms with E-state index in [9.17, 15) is 9.59 Å². The maximum atomic E-state index is 11.9. The molecule has 0 N–H and O–H groups in total. The average Bonchev–Trinajstić information content (AvgIpc) is 3.05. The zero-order chi connectivity index (χ0) is 30.0. The molecule has 0 saturated heterocycles. The summed E-state index contributed by atoms with van der Waals surface area (Å²) in [5.74, 6) is -0.119. The van der Waals surface area contributed by atoms with Crippen LogP contribution in [0.15, 0.2) is 159 Å². The Morgan fingerprint density at radius 3 is 1.49 bits per heavy atom. The minimum Gasteiger partial charge on any atom is -0.423 e. The van der Waals surface area contributed by atoms with Gasteiger partial charge in [0.05, 0.1) is 0 Å². The number of benzene rings is 5. The van der Waals surface area contributed by atoms with Gasteiger partial charge in [0, 0.05) is 47.3 Å². The summed E-state index contributed by atoms with van der Waals surface area (Å²) in [7, 11) is 0. The number of carbonyl (C=O) groups is 2. The molecule has 0 radical (unpaired) electrons. The van der Waals surface area contributed by atoms with Crippen molar-refractivity contribution in [1.82, 2.24) is 0 Å². The van der Waals surface area contributed by atoms with Crippen molar-refractivity contribution in [3.8, 4) is 11.5 Å². The standard InChI is InChI=1S/C38H31NO4/c1-3-37(40)42-34-19-11-17-32(26-34)39(33-18-12-20-35(27-33)43-38(41)4-2)31-23-21-28(22-24-31)25-36(29-13-7-5-8-14-29)30-15-9-6-10-16-30/h3-24,26-27,36H,1-2,25H2. The van der Waals surface area contributed by atoms with Gasteiger partial charge in [-0.3, -0.25) is 0 Å².